The number of H-pyrrole nitrogens is 1. The molecule has 0 saturated heterocycles. The minimum absolute atomic E-state index is 0.0340. The van der Waals surface area contributed by atoms with Gasteiger partial charge in [0.15, 0.2) is 0 Å². The van der Waals surface area contributed by atoms with E-state index in [-0.39, 0.29) is 11.4 Å². The lowest BCUT2D eigenvalue weighted by Crippen LogP contribution is -2.12. The molecule has 1 heterocycles. The lowest BCUT2D eigenvalue weighted by molar-refractivity contribution is 0.0594. The number of carbonyl (C=O) groups is 1. The Labute approximate surface area is 78.1 Å². The van der Waals surface area contributed by atoms with Crippen LogP contribution in [0, 0.1) is 0 Å². The number of hydrogen-bond acceptors (Lipinski definition) is 2. The van der Waals surface area contributed by atoms with Crippen molar-refractivity contribution in [2.45, 2.75) is 26.2 Å². The smallest absolute Gasteiger partial charge is 0.354 e. The minimum atomic E-state index is -0.324. The van der Waals surface area contributed by atoms with Crippen LogP contribution < -0.4 is 0 Å². The summed E-state index contributed by atoms with van der Waals surface area (Å²) in [5.74, 6) is -0.324. The second kappa shape index (κ2) is 3.24. The van der Waals surface area contributed by atoms with E-state index in [4.69, 9.17) is 0 Å². The van der Waals surface area contributed by atoms with E-state index >= 15 is 0 Å². The molecule has 1 aromatic rings. The van der Waals surface area contributed by atoms with Gasteiger partial charge in [0, 0.05) is 11.1 Å². The van der Waals surface area contributed by atoms with E-state index in [2.05, 4.69) is 30.5 Å². The molecule has 0 aromatic carbocycles. The molecule has 0 radical (unpaired) electrons. The van der Waals surface area contributed by atoms with Gasteiger partial charge in [0.2, 0.25) is 0 Å². The fraction of sp³-hybridized carbons (Fsp3) is 0.500. The molecule has 1 N–H and O–H groups in total. The summed E-state index contributed by atoms with van der Waals surface area (Å²) in [6.07, 6.45) is 0. The summed E-state index contributed by atoms with van der Waals surface area (Å²) in [5, 5.41) is 0. The Morgan fingerprint density at radius 2 is 2.00 bits per heavy atom. The third kappa shape index (κ3) is 2.11. The summed E-state index contributed by atoms with van der Waals surface area (Å²) < 4.78 is 4.59. The average Bonchev–Trinajstić information content (AvgIpc) is 2.50. The predicted octanol–water partition coefficient (Wildman–Crippen LogP) is 2.10. The van der Waals surface area contributed by atoms with Gasteiger partial charge >= 0.3 is 5.97 Å². The molecular formula is C10H15NO2. The normalized spacial score (nSPS) is 11.4. The van der Waals surface area contributed by atoms with Gasteiger partial charge in [-0.15, -0.1) is 0 Å². The van der Waals surface area contributed by atoms with Gasteiger partial charge in [-0.25, -0.2) is 4.79 Å². The molecule has 0 aliphatic heterocycles. The van der Waals surface area contributed by atoms with Gasteiger partial charge in [0.25, 0.3) is 0 Å². The molecule has 3 heteroatoms. The summed E-state index contributed by atoms with van der Waals surface area (Å²) >= 11 is 0. The molecule has 1 aromatic heterocycles. The zero-order chi connectivity index (χ0) is 10.1. The quantitative estimate of drug-likeness (QED) is 0.674. The van der Waals surface area contributed by atoms with Crippen molar-refractivity contribution in [3.63, 3.8) is 0 Å². The molecule has 0 unspecified atom stereocenters. The zero-order valence-corrected chi connectivity index (χ0v) is 8.47. The van der Waals surface area contributed by atoms with Crippen LogP contribution in [0.3, 0.4) is 0 Å². The third-order valence-corrected chi connectivity index (χ3v) is 1.90. The number of nitrogens with one attached hydrogen (secondary N) is 1. The summed E-state index contributed by atoms with van der Waals surface area (Å²) in [6.45, 7) is 6.25. The van der Waals surface area contributed by atoms with Crippen molar-refractivity contribution in [3.05, 3.63) is 23.5 Å². The summed E-state index contributed by atoms with van der Waals surface area (Å²) in [5.41, 5.74) is 1.58. The summed E-state index contributed by atoms with van der Waals surface area (Å²) in [4.78, 5) is 14.1. The molecule has 0 spiro atoms. The molecule has 0 atom stereocenters. The highest BCUT2D eigenvalue weighted by atomic mass is 16.5. The number of rotatable bonds is 1. The first kappa shape index (κ1) is 9.84. The molecule has 1 rings (SSSR count). The van der Waals surface area contributed by atoms with Crippen molar-refractivity contribution in [2.24, 2.45) is 0 Å². The first-order chi connectivity index (χ1) is 5.95. The SMILES string of the molecule is COC(=O)c1ccc(C(C)(C)C)[nH]1. The Bertz CT molecular complexity index is 307. The topological polar surface area (TPSA) is 42.1 Å². The van der Waals surface area contributed by atoms with E-state index in [9.17, 15) is 4.79 Å². The van der Waals surface area contributed by atoms with Crippen LogP contribution in [-0.2, 0) is 10.2 Å². The number of carbonyl (C=O) groups excluding carboxylic acids is 1. The first-order valence-corrected chi connectivity index (χ1v) is 4.23. The Kier molecular flexibility index (Phi) is 2.45. The number of aromatic amines is 1. The van der Waals surface area contributed by atoms with Crippen molar-refractivity contribution >= 4 is 5.97 Å². The maximum atomic E-state index is 11.1. The van der Waals surface area contributed by atoms with Crippen molar-refractivity contribution in [1.29, 1.82) is 0 Å². The van der Waals surface area contributed by atoms with Crippen molar-refractivity contribution in [1.82, 2.24) is 4.98 Å². The second-order valence-corrected chi connectivity index (χ2v) is 4.03. The van der Waals surface area contributed by atoms with Crippen molar-refractivity contribution in [3.8, 4) is 0 Å². The number of ether oxygens (including phenoxy) is 1. The van der Waals surface area contributed by atoms with E-state index in [1.165, 1.54) is 7.11 Å². The van der Waals surface area contributed by atoms with Crippen LogP contribution in [0.2, 0.25) is 0 Å². The fourth-order valence-electron chi connectivity index (χ4n) is 1.06. The Hall–Kier alpha value is -1.25. The largest absolute Gasteiger partial charge is 0.464 e. The molecule has 0 bridgehead atoms. The monoisotopic (exact) mass is 181 g/mol. The van der Waals surface area contributed by atoms with Crippen molar-refractivity contribution in [2.75, 3.05) is 7.11 Å². The van der Waals surface area contributed by atoms with Gasteiger partial charge < -0.3 is 9.72 Å². The van der Waals surface area contributed by atoms with E-state index in [1.807, 2.05) is 6.07 Å². The van der Waals surface area contributed by atoms with Gasteiger partial charge in [-0.3, -0.25) is 0 Å². The lowest BCUT2D eigenvalue weighted by atomic mass is 9.93. The molecule has 13 heavy (non-hydrogen) atoms. The molecule has 72 valence electrons. The van der Waals surface area contributed by atoms with E-state index in [0.29, 0.717) is 5.69 Å². The van der Waals surface area contributed by atoms with Gasteiger partial charge in [0.05, 0.1) is 7.11 Å². The third-order valence-electron chi connectivity index (χ3n) is 1.90. The summed E-state index contributed by atoms with van der Waals surface area (Å²) in [6, 6.07) is 3.65. The van der Waals surface area contributed by atoms with Crippen LogP contribution in [0.25, 0.3) is 0 Å². The van der Waals surface area contributed by atoms with E-state index in [1.54, 1.807) is 6.07 Å². The number of aromatic nitrogens is 1. The summed E-state index contributed by atoms with van der Waals surface area (Å²) in [7, 11) is 1.37. The van der Waals surface area contributed by atoms with E-state index < -0.39 is 0 Å². The van der Waals surface area contributed by atoms with Gasteiger partial charge in [-0.2, -0.15) is 0 Å². The first-order valence-electron chi connectivity index (χ1n) is 4.23. The maximum Gasteiger partial charge on any atom is 0.354 e. The molecule has 0 aliphatic carbocycles. The Balaban J connectivity index is 2.93. The molecule has 0 fully saturated rings. The van der Waals surface area contributed by atoms with Gasteiger partial charge in [0.1, 0.15) is 5.69 Å². The molecule has 0 saturated carbocycles. The molecule has 0 amide bonds. The van der Waals surface area contributed by atoms with Crippen LogP contribution in [0.5, 0.6) is 0 Å². The maximum absolute atomic E-state index is 11.1. The number of methoxy groups -OCH3 is 1. The van der Waals surface area contributed by atoms with E-state index in [0.717, 1.165) is 5.69 Å². The lowest BCUT2D eigenvalue weighted by Gasteiger charge is -2.15. The molecular weight excluding hydrogens is 166 g/mol. The molecule has 0 aliphatic rings. The highest BCUT2D eigenvalue weighted by Gasteiger charge is 2.17. The number of hydrogen-bond donors (Lipinski definition) is 1. The van der Waals surface area contributed by atoms with Crippen LogP contribution in [0.1, 0.15) is 37.0 Å². The average molecular weight is 181 g/mol. The molecule has 3 nitrogen and oxygen atoms in total. The highest BCUT2D eigenvalue weighted by molar-refractivity contribution is 5.87. The van der Waals surface area contributed by atoms with Crippen LogP contribution in [0.4, 0.5) is 0 Å². The second-order valence-electron chi connectivity index (χ2n) is 4.03. The highest BCUT2D eigenvalue weighted by Crippen LogP contribution is 2.21. The zero-order valence-electron chi connectivity index (χ0n) is 8.47. The Morgan fingerprint density at radius 1 is 1.38 bits per heavy atom. The fourth-order valence-corrected chi connectivity index (χ4v) is 1.06. The van der Waals surface area contributed by atoms with Crippen LogP contribution in [-0.4, -0.2) is 18.1 Å². The van der Waals surface area contributed by atoms with Crippen molar-refractivity contribution < 1.29 is 9.53 Å². The van der Waals surface area contributed by atoms with Crippen LogP contribution in [0.15, 0.2) is 12.1 Å². The minimum Gasteiger partial charge on any atom is -0.464 e. The van der Waals surface area contributed by atoms with Gasteiger partial charge in [-0.1, -0.05) is 20.8 Å². The van der Waals surface area contributed by atoms with Gasteiger partial charge in [-0.05, 0) is 12.1 Å². The standard InChI is InChI=1S/C10H15NO2/c1-10(2,3)8-6-5-7(11-8)9(12)13-4/h5-6,11H,1-4H3. The number of esters is 1. The van der Waals surface area contributed by atoms with Crippen LogP contribution >= 0.6 is 0 Å². The predicted molar refractivity (Wildman–Crippen MR) is 50.8 cm³/mol. The Morgan fingerprint density at radius 3 is 2.38 bits per heavy atom.